The quantitative estimate of drug-likeness (QED) is 0.164. The summed E-state index contributed by atoms with van der Waals surface area (Å²) in [4.78, 5) is 29.4. The fourth-order valence-corrected chi connectivity index (χ4v) is 6.26. The molecule has 226 valence electrons. The first-order chi connectivity index (χ1) is 20.1. The maximum absolute atomic E-state index is 14.0. The summed E-state index contributed by atoms with van der Waals surface area (Å²) < 4.78 is 34.6. The number of rotatable bonds is 15. The van der Waals surface area contributed by atoms with E-state index in [4.69, 9.17) is 16.3 Å². The molecular weight excluding hydrogens is 594 g/mol. The number of nitrogens with one attached hydrogen (secondary N) is 1. The summed E-state index contributed by atoms with van der Waals surface area (Å²) in [6.07, 6.45) is 3.62. The van der Waals surface area contributed by atoms with Gasteiger partial charge in [0.2, 0.25) is 11.8 Å². The van der Waals surface area contributed by atoms with Crippen LogP contribution in [0.15, 0.2) is 82.6 Å². The van der Waals surface area contributed by atoms with E-state index in [0.29, 0.717) is 35.2 Å². The minimum Gasteiger partial charge on any atom is -0.494 e. The first kappa shape index (κ1) is 33.3. The number of halogens is 1. The number of carbonyl (C=O) groups is 2. The standard InChI is InChI=1S/C31H38ClN3O5S2/c1-5-7-19-33-31(37)23(3)34(21-24-9-8-10-25(32)20-24)30(36)22-35(26-11-13-27(14-12-26)40-6-2)42(38,39)29-17-15-28(41-4)16-18-29/h8-18,20,23H,5-7,19,21-22H2,1-4H3,(H,33,37)/t23-/m0/s1. The SMILES string of the molecule is CCCCNC(=O)[C@H](C)N(Cc1cccc(Cl)c1)C(=O)CN(c1ccc(OCC)cc1)S(=O)(=O)c1ccc(SC)cc1. The van der Waals surface area contributed by atoms with E-state index in [0.717, 1.165) is 22.0 Å². The maximum Gasteiger partial charge on any atom is 0.264 e. The molecule has 1 N–H and O–H groups in total. The zero-order valence-corrected chi connectivity index (χ0v) is 26.8. The third kappa shape index (κ3) is 8.89. The molecule has 42 heavy (non-hydrogen) atoms. The minimum atomic E-state index is -4.16. The highest BCUT2D eigenvalue weighted by atomic mass is 35.5. The van der Waals surface area contributed by atoms with E-state index in [-0.39, 0.29) is 17.3 Å². The molecule has 0 aliphatic heterocycles. The molecule has 0 spiro atoms. The van der Waals surface area contributed by atoms with Crippen molar-refractivity contribution in [1.82, 2.24) is 10.2 Å². The average Bonchev–Trinajstić information content (AvgIpc) is 2.99. The van der Waals surface area contributed by atoms with Gasteiger partial charge in [0.15, 0.2) is 0 Å². The van der Waals surface area contributed by atoms with Gasteiger partial charge < -0.3 is 15.0 Å². The van der Waals surface area contributed by atoms with Crippen molar-refractivity contribution in [2.24, 2.45) is 0 Å². The zero-order valence-electron chi connectivity index (χ0n) is 24.4. The van der Waals surface area contributed by atoms with Crippen molar-refractivity contribution in [2.75, 3.05) is 30.3 Å². The fourth-order valence-electron chi connectivity index (χ4n) is 4.23. The van der Waals surface area contributed by atoms with Crippen molar-refractivity contribution in [3.8, 4) is 5.75 Å². The molecule has 0 radical (unpaired) electrons. The summed E-state index contributed by atoms with van der Waals surface area (Å²) in [5.41, 5.74) is 1.01. The predicted octanol–water partition coefficient (Wildman–Crippen LogP) is 5.99. The van der Waals surface area contributed by atoms with Crippen molar-refractivity contribution >= 4 is 50.9 Å². The molecule has 3 aromatic rings. The average molecular weight is 632 g/mol. The van der Waals surface area contributed by atoms with Gasteiger partial charge in [0.1, 0.15) is 18.3 Å². The Kier molecular flexibility index (Phi) is 12.6. The van der Waals surface area contributed by atoms with E-state index in [2.05, 4.69) is 5.32 Å². The lowest BCUT2D eigenvalue weighted by Crippen LogP contribution is -2.51. The van der Waals surface area contributed by atoms with Gasteiger partial charge in [-0.15, -0.1) is 11.8 Å². The van der Waals surface area contributed by atoms with E-state index >= 15 is 0 Å². The Morgan fingerprint density at radius 1 is 1.02 bits per heavy atom. The highest BCUT2D eigenvalue weighted by Crippen LogP contribution is 2.28. The van der Waals surface area contributed by atoms with Crippen molar-refractivity contribution < 1.29 is 22.7 Å². The molecule has 8 nitrogen and oxygen atoms in total. The molecule has 0 aliphatic rings. The van der Waals surface area contributed by atoms with Gasteiger partial charge in [-0.25, -0.2) is 8.42 Å². The Morgan fingerprint density at radius 2 is 1.71 bits per heavy atom. The number of benzene rings is 3. The van der Waals surface area contributed by atoms with E-state index in [1.165, 1.54) is 28.8 Å². The Hall–Kier alpha value is -3.21. The molecule has 0 bridgehead atoms. The first-order valence-electron chi connectivity index (χ1n) is 13.8. The van der Waals surface area contributed by atoms with Crippen LogP contribution in [0.25, 0.3) is 0 Å². The largest absolute Gasteiger partial charge is 0.494 e. The van der Waals surface area contributed by atoms with Gasteiger partial charge in [-0.3, -0.25) is 13.9 Å². The number of unbranched alkanes of at least 4 members (excludes halogenated alkanes) is 1. The summed E-state index contributed by atoms with van der Waals surface area (Å²) in [6.45, 7) is 6.01. The second kappa shape index (κ2) is 15.9. The number of ether oxygens (including phenoxy) is 1. The minimum absolute atomic E-state index is 0.0498. The molecular formula is C31H38ClN3O5S2. The number of anilines is 1. The summed E-state index contributed by atoms with van der Waals surface area (Å²) >= 11 is 7.70. The highest BCUT2D eigenvalue weighted by Gasteiger charge is 2.32. The third-order valence-corrected chi connectivity index (χ3v) is 9.37. The first-order valence-corrected chi connectivity index (χ1v) is 16.9. The lowest BCUT2D eigenvalue weighted by atomic mass is 10.1. The molecule has 2 amide bonds. The fraction of sp³-hybridized carbons (Fsp3) is 0.355. The number of amides is 2. The monoisotopic (exact) mass is 631 g/mol. The Balaban J connectivity index is 2.01. The lowest BCUT2D eigenvalue weighted by Gasteiger charge is -2.32. The molecule has 0 unspecified atom stereocenters. The Morgan fingerprint density at radius 3 is 2.31 bits per heavy atom. The maximum atomic E-state index is 14.0. The number of carbonyl (C=O) groups excluding carboxylic acids is 2. The summed E-state index contributed by atoms with van der Waals surface area (Å²) in [5.74, 6) is -0.275. The van der Waals surface area contributed by atoms with Crippen LogP contribution < -0.4 is 14.4 Å². The molecule has 0 saturated carbocycles. The van der Waals surface area contributed by atoms with Gasteiger partial charge in [0, 0.05) is 23.0 Å². The van der Waals surface area contributed by atoms with E-state index in [1.807, 2.05) is 26.2 Å². The molecule has 0 fully saturated rings. The van der Waals surface area contributed by atoms with Gasteiger partial charge in [-0.05, 0) is 92.8 Å². The van der Waals surface area contributed by atoms with Crippen LogP contribution in [-0.4, -0.2) is 57.1 Å². The van der Waals surface area contributed by atoms with Crippen molar-refractivity contribution in [2.45, 2.75) is 56.0 Å². The Labute approximate surface area is 258 Å². The van der Waals surface area contributed by atoms with Crippen LogP contribution in [0, 0.1) is 0 Å². The van der Waals surface area contributed by atoms with Crippen LogP contribution in [0.1, 0.15) is 39.2 Å². The number of sulfonamides is 1. The van der Waals surface area contributed by atoms with Gasteiger partial charge in [0.05, 0.1) is 17.2 Å². The number of nitrogens with zero attached hydrogens (tertiary/aromatic N) is 2. The normalized spacial score (nSPS) is 11.9. The molecule has 11 heteroatoms. The van der Waals surface area contributed by atoms with Gasteiger partial charge in [-0.2, -0.15) is 0 Å². The van der Waals surface area contributed by atoms with E-state index in [1.54, 1.807) is 61.5 Å². The number of hydrogen-bond donors (Lipinski definition) is 1. The third-order valence-electron chi connectivity index (χ3n) is 6.60. The topological polar surface area (TPSA) is 96.0 Å². The second-order valence-corrected chi connectivity index (χ2v) is 12.8. The van der Waals surface area contributed by atoms with E-state index < -0.39 is 28.5 Å². The smallest absolute Gasteiger partial charge is 0.264 e. The Bertz CT molecular complexity index is 1430. The highest BCUT2D eigenvalue weighted by molar-refractivity contribution is 7.98. The zero-order chi connectivity index (χ0) is 30.7. The van der Waals surface area contributed by atoms with Crippen molar-refractivity contribution in [3.05, 3.63) is 83.4 Å². The van der Waals surface area contributed by atoms with Gasteiger partial charge in [-0.1, -0.05) is 37.1 Å². The van der Waals surface area contributed by atoms with Crippen LogP contribution >= 0.6 is 23.4 Å². The number of thioether (sulfide) groups is 1. The summed E-state index contributed by atoms with van der Waals surface area (Å²) in [7, 11) is -4.16. The molecule has 1 atom stereocenters. The van der Waals surface area contributed by atoms with Crippen molar-refractivity contribution in [1.29, 1.82) is 0 Å². The van der Waals surface area contributed by atoms with Gasteiger partial charge >= 0.3 is 0 Å². The number of hydrogen-bond acceptors (Lipinski definition) is 6. The lowest BCUT2D eigenvalue weighted by molar-refractivity contribution is -0.139. The van der Waals surface area contributed by atoms with Crippen LogP contribution in [0.3, 0.4) is 0 Å². The molecule has 3 aromatic carbocycles. The molecule has 0 aliphatic carbocycles. The van der Waals surface area contributed by atoms with Crippen molar-refractivity contribution in [3.63, 3.8) is 0 Å². The summed E-state index contributed by atoms with van der Waals surface area (Å²) in [5, 5.41) is 3.37. The molecule has 0 saturated heterocycles. The molecule has 0 aromatic heterocycles. The summed E-state index contributed by atoms with van der Waals surface area (Å²) in [6, 6.07) is 19.2. The molecule has 3 rings (SSSR count). The van der Waals surface area contributed by atoms with E-state index in [9.17, 15) is 18.0 Å². The van der Waals surface area contributed by atoms with Crippen LogP contribution in [0.4, 0.5) is 5.69 Å². The van der Waals surface area contributed by atoms with Crippen LogP contribution in [0.2, 0.25) is 5.02 Å². The van der Waals surface area contributed by atoms with Crippen LogP contribution in [-0.2, 0) is 26.2 Å². The van der Waals surface area contributed by atoms with Crippen LogP contribution in [0.5, 0.6) is 5.75 Å². The predicted molar refractivity (Wildman–Crippen MR) is 170 cm³/mol. The van der Waals surface area contributed by atoms with Gasteiger partial charge in [0.25, 0.3) is 10.0 Å². The second-order valence-electron chi connectivity index (χ2n) is 9.59. The molecule has 0 heterocycles.